The highest BCUT2D eigenvalue weighted by molar-refractivity contribution is 7.89. The molecular weight excluding hydrogens is 327 g/mol. The Morgan fingerprint density at radius 3 is 2.36 bits per heavy atom. The van der Waals surface area contributed by atoms with Crippen LogP contribution in [0.3, 0.4) is 0 Å². The van der Waals surface area contributed by atoms with E-state index in [4.69, 9.17) is 5.73 Å². The van der Waals surface area contributed by atoms with Crippen LogP contribution < -0.4 is 5.73 Å². The zero-order chi connectivity index (χ0) is 17.0. The normalized spacial score (nSPS) is 12.6. The maximum atomic E-state index is 12.6. The van der Waals surface area contributed by atoms with Crippen molar-refractivity contribution in [1.29, 1.82) is 0 Å². The zero-order valence-corrected chi connectivity index (χ0v) is 12.1. The van der Waals surface area contributed by atoms with E-state index >= 15 is 0 Å². The Balaban J connectivity index is 3.30. The van der Waals surface area contributed by atoms with Crippen molar-refractivity contribution in [1.82, 2.24) is 4.31 Å². The van der Waals surface area contributed by atoms with Gasteiger partial charge in [-0.25, -0.2) is 8.42 Å². The van der Waals surface area contributed by atoms with E-state index in [2.05, 4.69) is 0 Å². The number of nitro benzene ring substituents is 1. The van der Waals surface area contributed by atoms with E-state index in [1.165, 1.54) is 12.1 Å². The van der Waals surface area contributed by atoms with Crippen LogP contribution in [0.25, 0.3) is 0 Å². The summed E-state index contributed by atoms with van der Waals surface area (Å²) in [6.07, 6.45) is -4.78. The number of halogens is 3. The largest absolute Gasteiger partial charge is 0.402 e. The third-order valence-electron chi connectivity index (χ3n) is 2.65. The summed E-state index contributed by atoms with van der Waals surface area (Å²) >= 11 is 0. The second-order valence-electron chi connectivity index (χ2n) is 4.32. The number of benzene rings is 1. The number of nitro groups is 1. The van der Waals surface area contributed by atoms with Crippen molar-refractivity contribution in [2.24, 2.45) is 5.73 Å². The van der Waals surface area contributed by atoms with E-state index in [1.54, 1.807) is 0 Å². The third-order valence-corrected chi connectivity index (χ3v) is 4.54. The van der Waals surface area contributed by atoms with E-state index in [0.717, 1.165) is 12.1 Å². The van der Waals surface area contributed by atoms with E-state index in [1.807, 2.05) is 0 Å². The average Bonchev–Trinajstić information content (AvgIpc) is 2.42. The minimum absolute atomic E-state index is 0.00403. The first kappa shape index (κ1) is 18.3. The molecule has 0 saturated carbocycles. The monoisotopic (exact) mass is 341 g/mol. The molecule has 11 heteroatoms. The first-order valence-corrected chi connectivity index (χ1v) is 7.54. The lowest BCUT2D eigenvalue weighted by atomic mass is 10.3. The summed E-state index contributed by atoms with van der Waals surface area (Å²) < 4.78 is 62.5. The Morgan fingerprint density at radius 2 is 1.86 bits per heavy atom. The summed E-state index contributed by atoms with van der Waals surface area (Å²) in [7, 11) is -4.67. The molecule has 0 spiro atoms. The van der Waals surface area contributed by atoms with Crippen LogP contribution in [-0.2, 0) is 10.0 Å². The fourth-order valence-corrected chi connectivity index (χ4v) is 3.34. The van der Waals surface area contributed by atoms with Crippen LogP contribution in [0.2, 0.25) is 0 Å². The van der Waals surface area contributed by atoms with Gasteiger partial charge in [0.25, 0.3) is 5.69 Å². The van der Waals surface area contributed by atoms with Crippen LogP contribution in [-0.4, -0.2) is 43.5 Å². The quantitative estimate of drug-likeness (QED) is 0.597. The van der Waals surface area contributed by atoms with Gasteiger partial charge in [-0.2, -0.15) is 17.5 Å². The molecule has 1 aromatic carbocycles. The predicted molar refractivity (Wildman–Crippen MR) is 71.6 cm³/mol. The molecule has 0 aliphatic heterocycles. The highest BCUT2D eigenvalue weighted by Gasteiger charge is 2.39. The topological polar surface area (TPSA) is 107 Å². The molecule has 0 amide bonds. The highest BCUT2D eigenvalue weighted by atomic mass is 32.2. The number of hydrogen-bond acceptors (Lipinski definition) is 5. The van der Waals surface area contributed by atoms with E-state index in [-0.39, 0.29) is 17.3 Å². The Hall–Kier alpha value is -1.72. The number of rotatable bonds is 7. The third kappa shape index (κ3) is 4.64. The maximum Gasteiger partial charge on any atom is 0.402 e. The number of hydrogen-bond donors (Lipinski definition) is 1. The predicted octanol–water partition coefficient (Wildman–Crippen LogP) is 1.50. The molecule has 124 valence electrons. The van der Waals surface area contributed by atoms with E-state index in [0.29, 0.717) is 0 Å². The Bertz CT molecular complexity index is 634. The summed E-state index contributed by atoms with van der Waals surface area (Å²) in [5, 5.41) is 10.9. The van der Waals surface area contributed by atoms with Crippen molar-refractivity contribution in [2.45, 2.75) is 17.5 Å². The van der Waals surface area contributed by atoms with Gasteiger partial charge in [0.15, 0.2) is 4.90 Å². The smallest absolute Gasteiger partial charge is 0.330 e. The van der Waals surface area contributed by atoms with Crippen molar-refractivity contribution in [3.05, 3.63) is 34.4 Å². The summed E-state index contributed by atoms with van der Waals surface area (Å²) in [6.45, 7) is -2.23. The standard InChI is InChI=1S/C11H14F3N3O4S/c12-11(13,14)8-16(7-3-6-15)22(20,21)10-5-2-1-4-9(10)17(18)19/h1-2,4-5H,3,6-8,15H2. The van der Waals surface area contributed by atoms with Crippen molar-refractivity contribution in [2.75, 3.05) is 19.6 Å². The Labute approximate surface area is 124 Å². The lowest BCUT2D eigenvalue weighted by molar-refractivity contribution is -0.387. The lowest BCUT2D eigenvalue weighted by Gasteiger charge is -2.23. The highest BCUT2D eigenvalue weighted by Crippen LogP contribution is 2.28. The molecule has 0 radical (unpaired) electrons. The summed E-state index contributed by atoms with van der Waals surface area (Å²) in [6, 6.07) is 4.25. The average molecular weight is 341 g/mol. The van der Waals surface area contributed by atoms with Gasteiger partial charge in [0.05, 0.1) is 4.92 Å². The molecular formula is C11H14F3N3O4S. The van der Waals surface area contributed by atoms with Gasteiger partial charge in [0.2, 0.25) is 10.0 Å². The molecule has 0 saturated heterocycles. The van der Waals surface area contributed by atoms with Gasteiger partial charge in [-0.05, 0) is 19.0 Å². The maximum absolute atomic E-state index is 12.6. The molecule has 2 N–H and O–H groups in total. The molecule has 1 rings (SSSR count). The van der Waals surface area contributed by atoms with Gasteiger partial charge in [0.1, 0.15) is 6.54 Å². The second-order valence-corrected chi connectivity index (χ2v) is 6.23. The van der Waals surface area contributed by atoms with Crippen molar-refractivity contribution in [3.63, 3.8) is 0 Å². The van der Waals surface area contributed by atoms with Gasteiger partial charge in [-0.3, -0.25) is 10.1 Å². The lowest BCUT2D eigenvalue weighted by Crippen LogP contribution is -2.40. The number of alkyl halides is 3. The summed E-state index contributed by atoms with van der Waals surface area (Å²) in [4.78, 5) is 9.14. The number of sulfonamides is 1. The number of para-hydroxylation sites is 1. The zero-order valence-electron chi connectivity index (χ0n) is 11.3. The fourth-order valence-electron chi connectivity index (χ4n) is 1.72. The molecule has 22 heavy (non-hydrogen) atoms. The molecule has 0 unspecified atom stereocenters. The van der Waals surface area contributed by atoms with E-state index < -0.39 is 44.8 Å². The van der Waals surface area contributed by atoms with Crippen molar-refractivity contribution >= 4 is 15.7 Å². The molecule has 0 heterocycles. The fraction of sp³-hybridized carbons (Fsp3) is 0.455. The van der Waals surface area contributed by atoms with Crippen LogP contribution in [0.15, 0.2) is 29.2 Å². The van der Waals surface area contributed by atoms with Crippen LogP contribution >= 0.6 is 0 Å². The molecule has 0 aliphatic carbocycles. The summed E-state index contributed by atoms with van der Waals surface area (Å²) in [5.41, 5.74) is 4.41. The molecule has 0 atom stereocenters. The number of nitrogens with zero attached hydrogens (tertiary/aromatic N) is 2. The molecule has 7 nitrogen and oxygen atoms in total. The molecule has 0 aliphatic rings. The molecule has 0 bridgehead atoms. The van der Waals surface area contributed by atoms with Crippen LogP contribution in [0.1, 0.15) is 6.42 Å². The molecule has 0 fully saturated rings. The van der Waals surface area contributed by atoms with Crippen molar-refractivity contribution < 1.29 is 26.5 Å². The minimum Gasteiger partial charge on any atom is -0.330 e. The van der Waals surface area contributed by atoms with Gasteiger partial charge < -0.3 is 5.73 Å². The first-order chi connectivity index (χ1) is 10.1. The van der Waals surface area contributed by atoms with Crippen LogP contribution in [0, 0.1) is 10.1 Å². The molecule has 1 aromatic rings. The van der Waals surface area contributed by atoms with Gasteiger partial charge in [-0.1, -0.05) is 12.1 Å². The van der Waals surface area contributed by atoms with Crippen molar-refractivity contribution in [3.8, 4) is 0 Å². The SMILES string of the molecule is NCCCN(CC(F)(F)F)S(=O)(=O)c1ccccc1[N+](=O)[O-]. The van der Waals surface area contributed by atoms with E-state index in [9.17, 15) is 31.7 Å². The molecule has 0 aromatic heterocycles. The Morgan fingerprint density at radius 1 is 1.27 bits per heavy atom. The second kappa shape index (κ2) is 7.03. The summed E-state index contributed by atoms with van der Waals surface area (Å²) in [5.74, 6) is 0. The minimum atomic E-state index is -4.77. The number of nitrogens with two attached hydrogens (primary N) is 1. The van der Waals surface area contributed by atoms with Crippen LogP contribution in [0.5, 0.6) is 0 Å². The Kier molecular flexibility index (Phi) is 5.85. The van der Waals surface area contributed by atoms with Crippen LogP contribution in [0.4, 0.5) is 18.9 Å². The van der Waals surface area contributed by atoms with Gasteiger partial charge in [-0.15, -0.1) is 0 Å². The first-order valence-electron chi connectivity index (χ1n) is 6.10. The van der Waals surface area contributed by atoms with Gasteiger partial charge >= 0.3 is 6.18 Å². The van der Waals surface area contributed by atoms with Gasteiger partial charge in [0, 0.05) is 12.6 Å².